The molecule has 0 unspecified atom stereocenters. The van der Waals surface area contributed by atoms with E-state index in [0.717, 1.165) is 12.1 Å². The first-order chi connectivity index (χ1) is 10.1. The Bertz CT molecular complexity index is 441. The quantitative estimate of drug-likeness (QED) is 0.431. The zero-order valence-corrected chi connectivity index (χ0v) is 14.1. The third kappa shape index (κ3) is 10.4. The highest BCUT2D eigenvalue weighted by atomic mass is 16.1. The molecule has 0 heterocycles. The third-order valence-electron chi connectivity index (χ3n) is 2.22. The molecule has 0 bridgehead atoms. The average Bonchev–Trinajstić information content (AvgIpc) is 2.50. The van der Waals surface area contributed by atoms with Crippen molar-refractivity contribution >= 4 is 11.6 Å². The molecule has 1 N–H and O–H groups in total. The number of carbonyl (C=O) groups excluding carboxylic acids is 1. The zero-order chi connectivity index (χ0) is 16.7. The maximum absolute atomic E-state index is 11.8. The van der Waals surface area contributed by atoms with Crippen LogP contribution in [0.25, 0.3) is 0 Å². The second kappa shape index (κ2) is 14.3. The molecule has 1 aromatic carbocycles. The molecule has 0 aliphatic rings. The minimum atomic E-state index is -0.110. The Kier molecular flexibility index (Phi) is 14.5. The summed E-state index contributed by atoms with van der Waals surface area (Å²) in [7, 11) is 0. The maximum Gasteiger partial charge on any atom is 0.255 e. The predicted octanol–water partition coefficient (Wildman–Crippen LogP) is 5.67. The minimum absolute atomic E-state index is 0.110. The summed E-state index contributed by atoms with van der Waals surface area (Å²) >= 11 is 0. The van der Waals surface area contributed by atoms with E-state index in [0.29, 0.717) is 5.57 Å². The molecule has 0 aromatic heterocycles. The Morgan fingerprint density at radius 2 is 1.67 bits per heavy atom. The molecule has 1 amide bonds. The topological polar surface area (TPSA) is 29.1 Å². The van der Waals surface area contributed by atoms with Gasteiger partial charge in [-0.2, -0.15) is 0 Å². The van der Waals surface area contributed by atoms with E-state index in [4.69, 9.17) is 0 Å². The number of hydrogen-bond acceptors (Lipinski definition) is 1. The summed E-state index contributed by atoms with van der Waals surface area (Å²) in [5.74, 6) is -0.110. The van der Waals surface area contributed by atoms with Gasteiger partial charge in [0, 0.05) is 11.3 Å². The van der Waals surface area contributed by atoms with Crippen LogP contribution in [0.15, 0.2) is 61.2 Å². The van der Waals surface area contributed by atoms with Gasteiger partial charge in [0.05, 0.1) is 0 Å². The molecule has 1 rings (SSSR count). The van der Waals surface area contributed by atoms with Crippen molar-refractivity contribution in [2.24, 2.45) is 0 Å². The van der Waals surface area contributed by atoms with E-state index in [1.807, 2.05) is 65.0 Å². The maximum atomic E-state index is 11.8. The molecule has 0 fully saturated rings. The van der Waals surface area contributed by atoms with Crippen molar-refractivity contribution in [3.05, 3.63) is 66.8 Å². The summed E-state index contributed by atoms with van der Waals surface area (Å²) in [5, 5.41) is 2.83. The van der Waals surface area contributed by atoms with E-state index in [1.54, 1.807) is 12.2 Å². The Labute approximate surface area is 130 Å². The van der Waals surface area contributed by atoms with Gasteiger partial charge in [0.25, 0.3) is 5.91 Å². The molecule has 21 heavy (non-hydrogen) atoms. The zero-order valence-electron chi connectivity index (χ0n) is 14.1. The van der Waals surface area contributed by atoms with E-state index in [1.165, 1.54) is 5.56 Å². The van der Waals surface area contributed by atoms with E-state index < -0.39 is 0 Å². The van der Waals surface area contributed by atoms with E-state index >= 15 is 0 Å². The van der Waals surface area contributed by atoms with Gasteiger partial charge in [0.2, 0.25) is 0 Å². The van der Waals surface area contributed by atoms with Crippen LogP contribution in [0.1, 0.15) is 39.7 Å². The molecule has 2 heteroatoms. The molecule has 0 saturated heterocycles. The van der Waals surface area contributed by atoms with E-state index in [9.17, 15) is 4.79 Å². The van der Waals surface area contributed by atoms with E-state index in [-0.39, 0.29) is 5.91 Å². The lowest BCUT2D eigenvalue weighted by molar-refractivity contribution is -0.112. The lowest BCUT2D eigenvalue weighted by Crippen LogP contribution is -2.13. The monoisotopic (exact) mass is 287 g/mol. The highest BCUT2D eigenvalue weighted by Crippen LogP contribution is 2.10. The van der Waals surface area contributed by atoms with Gasteiger partial charge in [0.1, 0.15) is 0 Å². The standard InChI is InChI=1S/C14H17NO.C3H6.C2H6/c1-4-6-12(5-2)14(16)15-13-9-7-11(3)8-10-13;1-3-2;1-2/h5-10H,2,4H2,1,3H3,(H,15,16);3H,1H2,2H3;1-2H3/b12-6+;;. The Morgan fingerprint density at radius 1 is 1.19 bits per heavy atom. The smallest absolute Gasteiger partial charge is 0.255 e. The molecule has 0 aliphatic heterocycles. The van der Waals surface area contributed by atoms with Crippen LogP contribution in [0.3, 0.4) is 0 Å². The number of allylic oxidation sites excluding steroid dienone is 2. The average molecular weight is 287 g/mol. The predicted molar refractivity (Wildman–Crippen MR) is 95.6 cm³/mol. The van der Waals surface area contributed by atoms with Crippen LogP contribution < -0.4 is 5.32 Å². The van der Waals surface area contributed by atoms with Crippen LogP contribution in [-0.2, 0) is 4.79 Å². The summed E-state index contributed by atoms with van der Waals surface area (Å²) in [6, 6.07) is 7.71. The van der Waals surface area contributed by atoms with Gasteiger partial charge in [-0.1, -0.05) is 63.3 Å². The molecular weight excluding hydrogens is 258 g/mol. The SMILES string of the molecule is C=C/C(=C\CC)C(=O)Nc1ccc(C)cc1.C=CC.CC. The minimum Gasteiger partial charge on any atom is -0.322 e. The van der Waals surface area contributed by atoms with Crippen LogP contribution in [0.2, 0.25) is 0 Å². The van der Waals surface area contributed by atoms with Gasteiger partial charge < -0.3 is 5.32 Å². The van der Waals surface area contributed by atoms with Crippen molar-refractivity contribution < 1.29 is 4.79 Å². The van der Waals surface area contributed by atoms with Gasteiger partial charge in [-0.3, -0.25) is 4.79 Å². The van der Waals surface area contributed by atoms with Crippen molar-refractivity contribution in [3.63, 3.8) is 0 Å². The molecule has 2 nitrogen and oxygen atoms in total. The van der Waals surface area contributed by atoms with Crippen molar-refractivity contribution in [3.8, 4) is 0 Å². The van der Waals surface area contributed by atoms with Crippen LogP contribution in [0, 0.1) is 6.92 Å². The summed E-state index contributed by atoms with van der Waals surface area (Å²) in [5.41, 5.74) is 2.59. The van der Waals surface area contributed by atoms with Gasteiger partial charge in [-0.25, -0.2) is 0 Å². The number of amides is 1. The molecule has 0 saturated carbocycles. The molecule has 0 atom stereocenters. The second-order valence-electron chi connectivity index (χ2n) is 4.00. The largest absolute Gasteiger partial charge is 0.322 e. The summed E-state index contributed by atoms with van der Waals surface area (Å²) in [4.78, 5) is 11.8. The van der Waals surface area contributed by atoms with Crippen molar-refractivity contribution in [2.75, 3.05) is 5.32 Å². The number of anilines is 1. The normalized spacial score (nSPS) is 9.29. The summed E-state index contributed by atoms with van der Waals surface area (Å²) in [6.07, 6.45) is 6.01. The Hall–Kier alpha value is -2.09. The number of hydrogen-bond donors (Lipinski definition) is 1. The third-order valence-corrected chi connectivity index (χ3v) is 2.22. The fourth-order valence-electron chi connectivity index (χ4n) is 1.33. The van der Waals surface area contributed by atoms with Crippen molar-refractivity contribution in [1.29, 1.82) is 0 Å². The number of carbonyl (C=O) groups is 1. The number of benzene rings is 1. The van der Waals surface area contributed by atoms with Gasteiger partial charge >= 0.3 is 0 Å². The van der Waals surface area contributed by atoms with Gasteiger partial charge in [0.15, 0.2) is 0 Å². The van der Waals surface area contributed by atoms with Crippen molar-refractivity contribution in [1.82, 2.24) is 0 Å². The summed E-state index contributed by atoms with van der Waals surface area (Å²) < 4.78 is 0. The molecule has 116 valence electrons. The fraction of sp³-hybridized carbons (Fsp3) is 0.316. The van der Waals surface area contributed by atoms with Crippen LogP contribution >= 0.6 is 0 Å². The summed E-state index contributed by atoms with van der Waals surface area (Å²) in [6.45, 7) is 16.9. The molecular formula is C19H29NO. The Balaban J connectivity index is 0. The van der Waals surface area contributed by atoms with Crippen LogP contribution in [0.5, 0.6) is 0 Å². The number of aryl methyl sites for hydroxylation is 1. The second-order valence-corrected chi connectivity index (χ2v) is 4.00. The first-order valence-electron chi connectivity index (χ1n) is 7.36. The van der Waals surface area contributed by atoms with E-state index in [2.05, 4.69) is 18.5 Å². The Morgan fingerprint density at radius 3 is 2.05 bits per heavy atom. The highest BCUT2D eigenvalue weighted by molar-refractivity contribution is 6.05. The van der Waals surface area contributed by atoms with Gasteiger partial charge in [-0.15, -0.1) is 6.58 Å². The molecule has 0 radical (unpaired) electrons. The van der Waals surface area contributed by atoms with Crippen molar-refractivity contribution in [2.45, 2.75) is 41.0 Å². The first-order valence-corrected chi connectivity index (χ1v) is 7.36. The lowest BCUT2D eigenvalue weighted by atomic mass is 10.2. The first kappa shape index (κ1) is 21.2. The number of rotatable bonds is 4. The lowest BCUT2D eigenvalue weighted by Gasteiger charge is -2.05. The molecule has 1 aromatic rings. The molecule has 0 spiro atoms. The molecule has 0 aliphatic carbocycles. The van der Waals surface area contributed by atoms with Gasteiger partial charge in [-0.05, 0) is 32.4 Å². The number of nitrogens with one attached hydrogen (secondary N) is 1. The van der Waals surface area contributed by atoms with Crippen LogP contribution in [-0.4, -0.2) is 5.91 Å². The fourth-order valence-corrected chi connectivity index (χ4v) is 1.33. The highest BCUT2D eigenvalue weighted by Gasteiger charge is 2.04. The van der Waals surface area contributed by atoms with Crippen LogP contribution in [0.4, 0.5) is 5.69 Å².